The maximum Gasteiger partial charge on any atom is 0.225 e. The zero-order chi connectivity index (χ0) is 17.2. The van der Waals surface area contributed by atoms with E-state index in [1.807, 2.05) is 6.07 Å². The van der Waals surface area contributed by atoms with Gasteiger partial charge in [0, 0.05) is 23.0 Å². The Bertz CT molecular complexity index is 757. The molecule has 0 atom stereocenters. The van der Waals surface area contributed by atoms with Crippen LogP contribution < -0.4 is 10.6 Å². The van der Waals surface area contributed by atoms with Crippen LogP contribution in [0.3, 0.4) is 0 Å². The van der Waals surface area contributed by atoms with E-state index in [0.29, 0.717) is 34.4 Å². The molecule has 25 heavy (non-hydrogen) atoms. The number of benzene rings is 1. The molecule has 0 unspecified atom stereocenters. The summed E-state index contributed by atoms with van der Waals surface area (Å²) in [5, 5.41) is 17.3. The normalized spacial score (nSPS) is 18.1. The van der Waals surface area contributed by atoms with Gasteiger partial charge in [-0.3, -0.25) is 0 Å². The Labute approximate surface area is 152 Å². The first-order valence-electron chi connectivity index (χ1n) is 9.08. The van der Waals surface area contributed by atoms with Crippen LogP contribution in [0.25, 0.3) is 0 Å². The molecule has 2 fully saturated rings. The van der Waals surface area contributed by atoms with Crippen LogP contribution in [-0.4, -0.2) is 21.1 Å². The first-order valence-corrected chi connectivity index (χ1v) is 9.46. The molecule has 0 radical (unpaired) electrons. The molecule has 0 saturated heterocycles. The molecule has 0 amide bonds. The fraction of sp³-hybridized carbons (Fsp3) is 0.474. The summed E-state index contributed by atoms with van der Waals surface area (Å²) in [5.41, 5.74) is 1.62. The van der Waals surface area contributed by atoms with E-state index >= 15 is 0 Å². The van der Waals surface area contributed by atoms with Crippen molar-refractivity contribution >= 4 is 29.1 Å². The van der Waals surface area contributed by atoms with Gasteiger partial charge in [-0.1, -0.05) is 30.9 Å². The molecule has 0 spiro atoms. The van der Waals surface area contributed by atoms with Crippen molar-refractivity contribution in [2.75, 3.05) is 10.6 Å². The van der Waals surface area contributed by atoms with Crippen molar-refractivity contribution in [3.63, 3.8) is 0 Å². The summed E-state index contributed by atoms with van der Waals surface area (Å²) in [7, 11) is 0. The lowest BCUT2D eigenvalue weighted by Gasteiger charge is -2.23. The maximum atomic E-state index is 10.0. The summed E-state index contributed by atoms with van der Waals surface area (Å²) >= 11 is 6.04. The molecule has 1 aromatic heterocycles. The third-order valence-electron chi connectivity index (χ3n) is 4.90. The average molecular weight is 359 g/mol. The topological polar surface area (TPSA) is 70.1 Å². The lowest BCUT2D eigenvalue weighted by atomic mass is 9.96. The van der Waals surface area contributed by atoms with Gasteiger partial charge >= 0.3 is 0 Å². The van der Waals surface area contributed by atoms with Crippen molar-refractivity contribution in [1.29, 1.82) is 0 Å². The van der Waals surface area contributed by atoms with Gasteiger partial charge in [-0.05, 0) is 43.9 Å². The minimum Gasteiger partial charge on any atom is -0.506 e. The summed E-state index contributed by atoms with van der Waals surface area (Å²) < 4.78 is 0. The van der Waals surface area contributed by atoms with Gasteiger partial charge in [0.05, 0.1) is 11.4 Å². The van der Waals surface area contributed by atoms with Gasteiger partial charge in [0.1, 0.15) is 11.6 Å². The van der Waals surface area contributed by atoms with Crippen LogP contribution in [0.15, 0.2) is 24.3 Å². The molecule has 0 bridgehead atoms. The molecule has 0 aliphatic heterocycles. The molecular weight excluding hydrogens is 336 g/mol. The van der Waals surface area contributed by atoms with E-state index in [9.17, 15) is 5.11 Å². The van der Waals surface area contributed by atoms with Crippen molar-refractivity contribution in [2.24, 2.45) is 0 Å². The number of nitrogens with one attached hydrogen (secondary N) is 2. The predicted octanol–water partition coefficient (Wildman–Crippen LogP) is 5.20. The second-order valence-corrected chi connectivity index (χ2v) is 7.48. The Kier molecular flexibility index (Phi) is 4.66. The number of halogens is 1. The van der Waals surface area contributed by atoms with Crippen LogP contribution in [0.1, 0.15) is 56.6 Å². The zero-order valence-corrected chi connectivity index (χ0v) is 14.9. The Hall–Kier alpha value is -2.01. The summed E-state index contributed by atoms with van der Waals surface area (Å²) in [6.07, 6.45) is 8.57. The van der Waals surface area contributed by atoms with E-state index in [0.717, 1.165) is 5.69 Å². The fourth-order valence-corrected chi connectivity index (χ4v) is 3.53. The molecule has 2 aromatic rings. The summed E-state index contributed by atoms with van der Waals surface area (Å²) in [5.74, 6) is 2.05. The molecule has 3 N–H and O–H groups in total. The highest BCUT2D eigenvalue weighted by atomic mass is 35.5. The Morgan fingerprint density at radius 2 is 1.80 bits per heavy atom. The number of phenols is 1. The van der Waals surface area contributed by atoms with E-state index in [4.69, 9.17) is 16.6 Å². The maximum absolute atomic E-state index is 10.0. The van der Waals surface area contributed by atoms with Crippen molar-refractivity contribution in [3.8, 4) is 5.75 Å². The highest BCUT2D eigenvalue weighted by Gasteiger charge is 2.27. The summed E-state index contributed by atoms with van der Waals surface area (Å²) in [6.45, 7) is 0. The van der Waals surface area contributed by atoms with Crippen LogP contribution >= 0.6 is 11.6 Å². The second-order valence-electron chi connectivity index (χ2n) is 7.04. The summed E-state index contributed by atoms with van der Waals surface area (Å²) in [6, 6.07) is 7.37. The van der Waals surface area contributed by atoms with Gasteiger partial charge in [0.15, 0.2) is 0 Å². The first-order chi connectivity index (χ1) is 12.2. The lowest BCUT2D eigenvalue weighted by Crippen LogP contribution is -2.23. The Morgan fingerprint density at radius 1 is 1.00 bits per heavy atom. The minimum absolute atomic E-state index is 0.151. The van der Waals surface area contributed by atoms with Crippen LogP contribution in [0.5, 0.6) is 5.75 Å². The van der Waals surface area contributed by atoms with E-state index < -0.39 is 0 Å². The molecule has 1 heterocycles. The number of aromatic nitrogens is 2. The van der Waals surface area contributed by atoms with Crippen LogP contribution in [-0.2, 0) is 0 Å². The van der Waals surface area contributed by atoms with Crippen molar-refractivity contribution in [3.05, 3.63) is 35.0 Å². The number of hydrogen-bond donors (Lipinski definition) is 3. The fourth-order valence-electron chi connectivity index (χ4n) is 3.36. The highest BCUT2D eigenvalue weighted by molar-refractivity contribution is 6.30. The number of aromatic hydroxyl groups is 1. The van der Waals surface area contributed by atoms with Gasteiger partial charge < -0.3 is 15.7 Å². The second kappa shape index (κ2) is 7.08. The number of nitrogens with zero attached hydrogens (tertiary/aromatic N) is 2. The van der Waals surface area contributed by atoms with Crippen LogP contribution in [0.2, 0.25) is 5.02 Å². The third-order valence-corrected chi connectivity index (χ3v) is 5.14. The SMILES string of the molecule is Oc1ccc(Cl)cc1Nc1cc(C2CC2)nc(NC2CCCCC2)n1. The smallest absolute Gasteiger partial charge is 0.225 e. The summed E-state index contributed by atoms with van der Waals surface area (Å²) in [4.78, 5) is 9.34. The van der Waals surface area contributed by atoms with Crippen molar-refractivity contribution in [2.45, 2.75) is 56.9 Å². The molecule has 2 saturated carbocycles. The molecule has 4 rings (SSSR count). The van der Waals surface area contributed by atoms with E-state index in [1.54, 1.807) is 18.2 Å². The van der Waals surface area contributed by atoms with Crippen molar-refractivity contribution < 1.29 is 5.11 Å². The molecule has 2 aliphatic rings. The number of rotatable bonds is 5. The molecule has 2 aliphatic carbocycles. The highest BCUT2D eigenvalue weighted by Crippen LogP contribution is 2.40. The van der Waals surface area contributed by atoms with Crippen molar-refractivity contribution in [1.82, 2.24) is 9.97 Å². The van der Waals surface area contributed by atoms with E-state index in [2.05, 4.69) is 15.6 Å². The zero-order valence-electron chi connectivity index (χ0n) is 14.1. The number of hydrogen-bond acceptors (Lipinski definition) is 5. The predicted molar refractivity (Wildman–Crippen MR) is 101 cm³/mol. The monoisotopic (exact) mass is 358 g/mol. The lowest BCUT2D eigenvalue weighted by molar-refractivity contribution is 0.460. The van der Waals surface area contributed by atoms with E-state index in [-0.39, 0.29) is 5.75 Å². The number of anilines is 3. The largest absolute Gasteiger partial charge is 0.506 e. The van der Waals surface area contributed by atoms with Gasteiger partial charge in [-0.2, -0.15) is 4.98 Å². The quantitative estimate of drug-likeness (QED) is 0.641. The average Bonchev–Trinajstić information content (AvgIpc) is 3.44. The minimum atomic E-state index is 0.151. The number of phenolic OH excluding ortho intramolecular Hbond substituents is 1. The third kappa shape index (κ3) is 4.15. The molecule has 132 valence electrons. The van der Waals surface area contributed by atoms with Gasteiger partial charge in [0.2, 0.25) is 5.95 Å². The molecule has 5 nitrogen and oxygen atoms in total. The molecule has 6 heteroatoms. The van der Waals surface area contributed by atoms with Gasteiger partial charge in [0.25, 0.3) is 0 Å². The molecular formula is C19H23ClN4O. The van der Waals surface area contributed by atoms with Crippen LogP contribution in [0, 0.1) is 0 Å². The molecule has 1 aromatic carbocycles. The van der Waals surface area contributed by atoms with Gasteiger partial charge in [-0.15, -0.1) is 0 Å². The van der Waals surface area contributed by atoms with E-state index in [1.165, 1.54) is 44.9 Å². The standard InChI is InChI=1S/C19H23ClN4O/c20-13-8-9-17(25)16(10-13)22-18-11-15(12-6-7-12)23-19(24-18)21-14-4-2-1-3-5-14/h8-12,14,25H,1-7H2,(H2,21,22,23,24). The van der Waals surface area contributed by atoms with Crippen LogP contribution in [0.4, 0.5) is 17.5 Å². The Morgan fingerprint density at radius 3 is 2.56 bits per heavy atom. The Balaban J connectivity index is 1.58. The van der Waals surface area contributed by atoms with Gasteiger partial charge in [-0.25, -0.2) is 4.98 Å². The first kappa shape index (κ1) is 16.5.